The Bertz CT molecular complexity index is 689. The second-order valence-corrected chi connectivity index (χ2v) is 6.73. The van der Waals surface area contributed by atoms with Gasteiger partial charge >= 0.3 is 12.1 Å². The van der Waals surface area contributed by atoms with Gasteiger partial charge in [0.2, 0.25) is 0 Å². The maximum absolute atomic E-state index is 13.2. The van der Waals surface area contributed by atoms with Gasteiger partial charge in [-0.2, -0.15) is 13.2 Å². The quantitative estimate of drug-likeness (QED) is 0.883. The summed E-state index contributed by atoms with van der Waals surface area (Å²) in [7, 11) is 0. The summed E-state index contributed by atoms with van der Waals surface area (Å²) in [4.78, 5) is 31.3. The van der Waals surface area contributed by atoms with E-state index in [2.05, 4.69) is 4.98 Å². The number of likely N-dealkylation sites (tertiary alicyclic amines) is 1. The van der Waals surface area contributed by atoms with Crippen molar-refractivity contribution in [2.45, 2.75) is 25.4 Å². The number of carboxylic acids is 1. The Kier molecular flexibility index (Phi) is 5.06. The predicted octanol–water partition coefficient (Wildman–Crippen LogP) is 2.41. The molecule has 2 saturated heterocycles. The van der Waals surface area contributed by atoms with Crippen LogP contribution in [0.5, 0.6) is 0 Å². The largest absolute Gasteiger partial charge is 0.481 e. The molecule has 3 rings (SSSR count). The average molecular weight is 371 g/mol. The zero-order valence-electron chi connectivity index (χ0n) is 14.1. The number of aromatic nitrogens is 1. The number of hydrogen-bond acceptors (Lipinski definition) is 4. The number of carboxylic acid groups (broad SMARTS) is 1. The molecule has 2 aliphatic rings. The van der Waals surface area contributed by atoms with E-state index in [4.69, 9.17) is 5.11 Å². The van der Waals surface area contributed by atoms with Gasteiger partial charge in [0, 0.05) is 32.4 Å². The fraction of sp³-hybridized carbons (Fsp3) is 0.588. The molecule has 0 aromatic carbocycles. The van der Waals surface area contributed by atoms with Crippen LogP contribution in [0.15, 0.2) is 18.3 Å². The summed E-state index contributed by atoms with van der Waals surface area (Å²) in [5.74, 6) is -5.38. The van der Waals surface area contributed by atoms with E-state index in [1.165, 1.54) is 6.07 Å². The molecular weight excluding hydrogens is 351 g/mol. The summed E-state index contributed by atoms with van der Waals surface area (Å²) in [6.45, 7) is 0.376. The number of halogens is 3. The third-order valence-electron chi connectivity index (χ3n) is 5.02. The number of pyridine rings is 1. The molecule has 0 bridgehead atoms. The molecule has 1 N–H and O–H groups in total. The summed E-state index contributed by atoms with van der Waals surface area (Å²) in [6.07, 6.45) is -0.103. The Morgan fingerprint density at radius 3 is 2.42 bits per heavy atom. The summed E-state index contributed by atoms with van der Waals surface area (Å²) in [5.41, 5.74) is 0.223. The van der Waals surface area contributed by atoms with Crippen LogP contribution >= 0.6 is 0 Å². The Labute approximate surface area is 148 Å². The van der Waals surface area contributed by atoms with E-state index in [1.54, 1.807) is 12.3 Å². The van der Waals surface area contributed by atoms with Crippen LogP contribution in [0.3, 0.4) is 0 Å². The summed E-state index contributed by atoms with van der Waals surface area (Å²) >= 11 is 0. The third-order valence-corrected chi connectivity index (χ3v) is 5.02. The normalized spacial score (nSPS) is 24.0. The first kappa shape index (κ1) is 18.5. The third kappa shape index (κ3) is 3.61. The predicted molar refractivity (Wildman–Crippen MR) is 86.9 cm³/mol. The molecule has 0 spiro atoms. The van der Waals surface area contributed by atoms with Gasteiger partial charge in [0.05, 0.1) is 17.4 Å². The molecule has 6 nitrogen and oxygen atoms in total. The van der Waals surface area contributed by atoms with E-state index in [0.717, 1.165) is 37.3 Å². The molecule has 142 valence electrons. The van der Waals surface area contributed by atoms with E-state index < -0.39 is 43.0 Å². The Hall–Kier alpha value is -2.32. The molecule has 0 saturated carbocycles. The average Bonchev–Trinajstić information content (AvgIpc) is 3.08. The Balaban J connectivity index is 1.85. The lowest BCUT2D eigenvalue weighted by molar-refractivity contribution is -0.187. The number of hydrogen-bond donors (Lipinski definition) is 1. The molecule has 0 aliphatic carbocycles. The monoisotopic (exact) mass is 371 g/mol. The zero-order chi connectivity index (χ0) is 18.9. The standard InChI is InChI=1S/C17H20F3N3O3/c18-17(19,20)13-10-23(9-12(13)16(25)26)15(24)11-5-4-6-21-14(11)22-7-2-1-3-8-22/h4-6,12-13H,1-3,7-10H2,(H,25,26)/t12-,13-/m1/s1. The maximum Gasteiger partial charge on any atom is 0.394 e. The summed E-state index contributed by atoms with van der Waals surface area (Å²) in [5, 5.41) is 9.12. The minimum Gasteiger partial charge on any atom is -0.481 e. The van der Waals surface area contributed by atoms with Crippen molar-refractivity contribution in [1.29, 1.82) is 0 Å². The van der Waals surface area contributed by atoms with E-state index in [1.807, 2.05) is 4.90 Å². The minimum atomic E-state index is -4.66. The molecule has 1 aromatic rings. The summed E-state index contributed by atoms with van der Waals surface area (Å²) < 4.78 is 39.5. The number of amides is 1. The van der Waals surface area contributed by atoms with Gasteiger partial charge in [0.15, 0.2) is 0 Å². The van der Waals surface area contributed by atoms with Crippen LogP contribution in [-0.2, 0) is 4.79 Å². The van der Waals surface area contributed by atoms with Crippen LogP contribution in [0.2, 0.25) is 0 Å². The Morgan fingerprint density at radius 1 is 1.15 bits per heavy atom. The van der Waals surface area contributed by atoms with Crippen LogP contribution in [0.4, 0.5) is 19.0 Å². The zero-order valence-corrected chi connectivity index (χ0v) is 14.1. The van der Waals surface area contributed by atoms with Crippen molar-refractivity contribution in [1.82, 2.24) is 9.88 Å². The van der Waals surface area contributed by atoms with Gasteiger partial charge < -0.3 is 14.9 Å². The highest BCUT2D eigenvalue weighted by Gasteiger charge is 2.53. The van der Waals surface area contributed by atoms with Crippen LogP contribution < -0.4 is 4.90 Å². The number of piperidine rings is 1. The first-order valence-corrected chi connectivity index (χ1v) is 8.58. The highest BCUT2D eigenvalue weighted by Crippen LogP contribution is 2.38. The SMILES string of the molecule is O=C(O)[C@@H]1CN(C(=O)c2cccnc2N2CCCCC2)C[C@H]1C(F)(F)F. The highest BCUT2D eigenvalue weighted by molar-refractivity contribution is 5.99. The molecule has 3 heterocycles. The summed E-state index contributed by atoms with van der Waals surface area (Å²) in [6, 6.07) is 3.10. The smallest absolute Gasteiger partial charge is 0.394 e. The second kappa shape index (κ2) is 7.13. The number of nitrogens with zero attached hydrogens (tertiary/aromatic N) is 3. The van der Waals surface area contributed by atoms with Gasteiger partial charge in [-0.25, -0.2) is 4.98 Å². The highest BCUT2D eigenvalue weighted by atomic mass is 19.4. The number of anilines is 1. The van der Waals surface area contributed by atoms with Crippen molar-refractivity contribution in [3.8, 4) is 0 Å². The maximum atomic E-state index is 13.2. The van der Waals surface area contributed by atoms with E-state index in [-0.39, 0.29) is 5.56 Å². The molecule has 26 heavy (non-hydrogen) atoms. The van der Waals surface area contributed by atoms with Gasteiger partial charge in [0.25, 0.3) is 5.91 Å². The van der Waals surface area contributed by atoms with Crippen molar-refractivity contribution in [2.75, 3.05) is 31.1 Å². The molecule has 1 aromatic heterocycles. The molecular formula is C17H20F3N3O3. The molecule has 1 amide bonds. The molecule has 9 heteroatoms. The number of carbonyl (C=O) groups excluding carboxylic acids is 1. The van der Waals surface area contributed by atoms with Gasteiger partial charge in [0.1, 0.15) is 5.82 Å². The number of carbonyl (C=O) groups is 2. The lowest BCUT2D eigenvalue weighted by Gasteiger charge is -2.30. The second-order valence-electron chi connectivity index (χ2n) is 6.73. The van der Waals surface area contributed by atoms with Gasteiger partial charge in [-0.15, -0.1) is 0 Å². The van der Waals surface area contributed by atoms with Crippen LogP contribution in [0.25, 0.3) is 0 Å². The van der Waals surface area contributed by atoms with E-state index >= 15 is 0 Å². The van der Waals surface area contributed by atoms with E-state index in [9.17, 15) is 22.8 Å². The van der Waals surface area contributed by atoms with Crippen molar-refractivity contribution < 1.29 is 27.9 Å². The number of alkyl halides is 3. The molecule has 2 fully saturated rings. The van der Waals surface area contributed by atoms with Crippen LogP contribution in [0.1, 0.15) is 29.6 Å². The fourth-order valence-electron chi connectivity index (χ4n) is 3.64. The molecule has 0 radical (unpaired) electrons. The first-order valence-electron chi connectivity index (χ1n) is 8.58. The molecule has 0 unspecified atom stereocenters. The number of rotatable bonds is 3. The fourth-order valence-corrected chi connectivity index (χ4v) is 3.64. The first-order chi connectivity index (χ1) is 12.3. The van der Waals surface area contributed by atoms with Gasteiger partial charge in [-0.3, -0.25) is 9.59 Å². The van der Waals surface area contributed by atoms with Gasteiger partial charge in [-0.05, 0) is 31.4 Å². The van der Waals surface area contributed by atoms with Crippen molar-refractivity contribution >= 4 is 17.7 Å². The van der Waals surface area contributed by atoms with Crippen molar-refractivity contribution in [3.63, 3.8) is 0 Å². The lowest BCUT2D eigenvalue weighted by Crippen LogP contribution is -2.35. The van der Waals surface area contributed by atoms with Crippen molar-refractivity contribution in [2.24, 2.45) is 11.8 Å². The van der Waals surface area contributed by atoms with Gasteiger partial charge in [-0.1, -0.05) is 0 Å². The van der Waals surface area contributed by atoms with Crippen molar-refractivity contribution in [3.05, 3.63) is 23.9 Å². The Morgan fingerprint density at radius 2 is 1.85 bits per heavy atom. The molecule has 2 atom stereocenters. The van der Waals surface area contributed by atoms with Crippen LogP contribution in [-0.4, -0.2) is 59.2 Å². The lowest BCUT2D eigenvalue weighted by atomic mass is 9.96. The minimum absolute atomic E-state index is 0.223. The van der Waals surface area contributed by atoms with E-state index in [0.29, 0.717) is 5.82 Å². The molecule has 2 aliphatic heterocycles. The number of aliphatic carboxylic acids is 1. The van der Waals surface area contributed by atoms with Crippen LogP contribution in [0, 0.1) is 11.8 Å². The topological polar surface area (TPSA) is 73.7 Å².